The number of aromatic nitrogens is 1. The summed E-state index contributed by atoms with van der Waals surface area (Å²) >= 11 is 1.20. The molecule has 0 aliphatic heterocycles. The number of fused-ring (bicyclic) bond motifs is 1. The molecule has 0 amide bonds. The zero-order valence-electron chi connectivity index (χ0n) is 11.3. The molecular formula is C16H14FNO2S. The van der Waals surface area contributed by atoms with E-state index >= 15 is 0 Å². The molecule has 0 saturated heterocycles. The van der Waals surface area contributed by atoms with Gasteiger partial charge in [-0.3, -0.25) is 0 Å². The molecule has 1 N–H and O–H groups in total. The van der Waals surface area contributed by atoms with Crippen molar-refractivity contribution in [2.45, 2.75) is 35.6 Å². The highest BCUT2D eigenvalue weighted by molar-refractivity contribution is 7.99. The van der Waals surface area contributed by atoms with Crippen molar-refractivity contribution >= 4 is 17.7 Å². The number of nitrogens with zero attached hydrogens (tertiary/aromatic N) is 1. The Morgan fingerprint density at radius 1 is 1.24 bits per heavy atom. The van der Waals surface area contributed by atoms with Gasteiger partial charge in [0.15, 0.2) is 0 Å². The Kier molecular flexibility index (Phi) is 3.92. The van der Waals surface area contributed by atoms with E-state index in [9.17, 15) is 14.3 Å². The van der Waals surface area contributed by atoms with Crippen LogP contribution in [0.4, 0.5) is 4.39 Å². The third-order valence-corrected chi connectivity index (χ3v) is 4.50. The second kappa shape index (κ2) is 5.85. The molecule has 5 heteroatoms. The van der Waals surface area contributed by atoms with E-state index in [0.717, 1.165) is 36.9 Å². The number of halogens is 1. The predicted octanol–water partition coefficient (Wildman–Crippen LogP) is 3.95. The Hall–Kier alpha value is -1.88. The number of benzene rings is 1. The molecular weight excluding hydrogens is 289 g/mol. The number of carbonyl (C=O) groups is 1. The van der Waals surface area contributed by atoms with Crippen LogP contribution in [0.5, 0.6) is 0 Å². The van der Waals surface area contributed by atoms with Gasteiger partial charge in [0, 0.05) is 10.6 Å². The first-order valence-corrected chi connectivity index (χ1v) is 7.64. The van der Waals surface area contributed by atoms with E-state index in [1.807, 2.05) is 0 Å². The second-order valence-corrected chi connectivity index (χ2v) is 6.08. The third-order valence-electron chi connectivity index (χ3n) is 3.51. The summed E-state index contributed by atoms with van der Waals surface area (Å²) in [5.41, 5.74) is 2.21. The lowest BCUT2D eigenvalue weighted by atomic mass is 9.95. The summed E-state index contributed by atoms with van der Waals surface area (Å²) in [4.78, 5) is 16.6. The summed E-state index contributed by atoms with van der Waals surface area (Å²) in [7, 11) is 0. The van der Waals surface area contributed by atoms with Crippen molar-refractivity contribution < 1.29 is 14.3 Å². The molecule has 2 aromatic rings. The maximum atomic E-state index is 13.3. The minimum Gasteiger partial charge on any atom is -0.478 e. The lowest BCUT2D eigenvalue weighted by Crippen LogP contribution is -2.10. The maximum Gasteiger partial charge on any atom is 0.338 e. The standard InChI is InChI=1S/C16H14FNO2S/c17-11-5-3-6-12(9-11)21-15-13(16(19)20)8-10-4-1-2-7-14(10)18-15/h3,5-6,8-9H,1-2,4,7H2,(H,19,20). The normalized spacial score (nSPS) is 13.8. The number of hydrogen-bond donors (Lipinski definition) is 1. The molecule has 0 fully saturated rings. The van der Waals surface area contributed by atoms with Crippen molar-refractivity contribution in [1.82, 2.24) is 4.98 Å². The van der Waals surface area contributed by atoms with Gasteiger partial charge < -0.3 is 5.11 Å². The van der Waals surface area contributed by atoms with Gasteiger partial charge in [0.05, 0.1) is 5.56 Å². The van der Waals surface area contributed by atoms with Gasteiger partial charge in [-0.15, -0.1) is 0 Å². The van der Waals surface area contributed by atoms with Crippen LogP contribution >= 0.6 is 11.8 Å². The van der Waals surface area contributed by atoms with Crippen LogP contribution in [0.1, 0.15) is 34.5 Å². The zero-order chi connectivity index (χ0) is 14.8. The predicted molar refractivity (Wildman–Crippen MR) is 78.4 cm³/mol. The molecule has 0 unspecified atom stereocenters. The average Bonchev–Trinajstić information content (AvgIpc) is 2.46. The minimum absolute atomic E-state index is 0.199. The van der Waals surface area contributed by atoms with E-state index < -0.39 is 5.97 Å². The summed E-state index contributed by atoms with van der Waals surface area (Å²) < 4.78 is 13.3. The number of carboxylic acid groups (broad SMARTS) is 1. The van der Waals surface area contributed by atoms with Crippen LogP contribution in [0, 0.1) is 5.82 Å². The number of aromatic carboxylic acids is 1. The van der Waals surface area contributed by atoms with Crippen LogP contribution in [-0.2, 0) is 12.8 Å². The van der Waals surface area contributed by atoms with Gasteiger partial charge in [0.25, 0.3) is 0 Å². The quantitative estimate of drug-likeness (QED) is 0.933. The highest BCUT2D eigenvalue weighted by atomic mass is 32.2. The topological polar surface area (TPSA) is 50.2 Å². The van der Waals surface area contributed by atoms with E-state index in [1.165, 1.54) is 23.9 Å². The fourth-order valence-electron chi connectivity index (χ4n) is 2.49. The van der Waals surface area contributed by atoms with Crippen molar-refractivity contribution in [3.63, 3.8) is 0 Å². The second-order valence-electron chi connectivity index (χ2n) is 5.02. The summed E-state index contributed by atoms with van der Waals surface area (Å²) in [5.74, 6) is -1.33. The van der Waals surface area contributed by atoms with Gasteiger partial charge in [-0.2, -0.15) is 0 Å². The molecule has 108 valence electrons. The van der Waals surface area contributed by atoms with Crippen LogP contribution in [-0.4, -0.2) is 16.1 Å². The first-order chi connectivity index (χ1) is 10.1. The Morgan fingerprint density at radius 2 is 2.05 bits per heavy atom. The molecule has 0 spiro atoms. The van der Waals surface area contributed by atoms with Gasteiger partial charge in [-0.05, 0) is 55.5 Å². The molecule has 21 heavy (non-hydrogen) atoms. The lowest BCUT2D eigenvalue weighted by molar-refractivity contribution is 0.0692. The maximum absolute atomic E-state index is 13.3. The lowest BCUT2D eigenvalue weighted by Gasteiger charge is -2.17. The van der Waals surface area contributed by atoms with Gasteiger partial charge in [0.1, 0.15) is 10.8 Å². The first-order valence-electron chi connectivity index (χ1n) is 6.83. The van der Waals surface area contributed by atoms with Gasteiger partial charge in [0.2, 0.25) is 0 Å². The fourth-order valence-corrected chi connectivity index (χ4v) is 3.44. The Morgan fingerprint density at radius 3 is 2.81 bits per heavy atom. The number of rotatable bonds is 3. The molecule has 1 aromatic heterocycles. The molecule has 0 radical (unpaired) electrons. The highest BCUT2D eigenvalue weighted by Gasteiger charge is 2.19. The monoisotopic (exact) mass is 303 g/mol. The Bertz CT molecular complexity index is 703. The van der Waals surface area contributed by atoms with Crippen LogP contribution in [0.2, 0.25) is 0 Å². The fraction of sp³-hybridized carbons (Fsp3) is 0.250. The SMILES string of the molecule is O=C(O)c1cc2c(nc1Sc1cccc(F)c1)CCCC2. The average molecular weight is 303 g/mol. The van der Waals surface area contributed by atoms with E-state index in [0.29, 0.717) is 9.92 Å². The molecule has 1 aliphatic rings. The largest absolute Gasteiger partial charge is 0.478 e. The molecule has 1 aliphatic carbocycles. The van der Waals surface area contributed by atoms with E-state index in [2.05, 4.69) is 4.98 Å². The van der Waals surface area contributed by atoms with Crippen LogP contribution in [0.3, 0.4) is 0 Å². The van der Waals surface area contributed by atoms with Crippen LogP contribution < -0.4 is 0 Å². The van der Waals surface area contributed by atoms with Crippen molar-refractivity contribution in [2.24, 2.45) is 0 Å². The van der Waals surface area contributed by atoms with Crippen LogP contribution in [0.15, 0.2) is 40.3 Å². The highest BCUT2D eigenvalue weighted by Crippen LogP contribution is 2.32. The summed E-state index contributed by atoms with van der Waals surface area (Å²) in [6.45, 7) is 0. The van der Waals surface area contributed by atoms with Crippen molar-refractivity contribution in [3.8, 4) is 0 Å². The molecule has 3 nitrogen and oxygen atoms in total. The Balaban J connectivity index is 2.01. The number of pyridine rings is 1. The zero-order valence-corrected chi connectivity index (χ0v) is 12.1. The molecule has 1 heterocycles. The van der Waals surface area contributed by atoms with E-state index in [4.69, 9.17) is 0 Å². The van der Waals surface area contributed by atoms with Crippen molar-refractivity contribution in [2.75, 3.05) is 0 Å². The summed E-state index contributed by atoms with van der Waals surface area (Å²) in [6.07, 6.45) is 3.92. The van der Waals surface area contributed by atoms with Gasteiger partial charge in [-0.1, -0.05) is 17.8 Å². The van der Waals surface area contributed by atoms with E-state index in [1.54, 1.807) is 18.2 Å². The third kappa shape index (κ3) is 3.08. The van der Waals surface area contributed by atoms with E-state index in [-0.39, 0.29) is 11.4 Å². The van der Waals surface area contributed by atoms with Crippen molar-refractivity contribution in [3.05, 3.63) is 53.0 Å². The Labute approximate surface area is 126 Å². The molecule has 0 atom stereocenters. The number of carboxylic acids is 1. The van der Waals surface area contributed by atoms with Gasteiger partial charge in [-0.25, -0.2) is 14.2 Å². The number of hydrogen-bond acceptors (Lipinski definition) is 3. The van der Waals surface area contributed by atoms with Crippen molar-refractivity contribution in [1.29, 1.82) is 0 Å². The first kappa shape index (κ1) is 14.1. The molecule has 3 rings (SSSR count). The molecule has 0 saturated carbocycles. The molecule has 0 bridgehead atoms. The molecule has 1 aromatic carbocycles. The van der Waals surface area contributed by atoms with Gasteiger partial charge >= 0.3 is 5.97 Å². The van der Waals surface area contributed by atoms with Crippen LogP contribution in [0.25, 0.3) is 0 Å². The minimum atomic E-state index is -0.991. The smallest absolute Gasteiger partial charge is 0.338 e. The summed E-state index contributed by atoms with van der Waals surface area (Å²) in [5, 5.41) is 9.81. The number of aryl methyl sites for hydroxylation is 2. The summed E-state index contributed by atoms with van der Waals surface area (Å²) in [6, 6.07) is 7.84.